The molecular weight excluding hydrogens is 382 g/mol. The number of benzene rings is 1. The third-order valence-corrected chi connectivity index (χ3v) is 3.79. The van der Waals surface area contributed by atoms with Gasteiger partial charge in [0.25, 0.3) is 0 Å². The summed E-state index contributed by atoms with van der Waals surface area (Å²) in [6.45, 7) is 2.38. The Balaban J connectivity index is 0.00000280. The normalized spacial score (nSPS) is 9.93. The standard InChI is InChI=1S/C19H19N5O3.ClH/c1-3-20-19(26)24-17-9-12-5-4-6-15(14(12)11-22-17)23-16-8-7-13(10-21-16)18(25)27-2;/h4-11H,3H2,1-2H3,(H,21,23)(H2,20,22,24,26);1H. The first-order valence-electron chi connectivity index (χ1n) is 8.35. The minimum Gasteiger partial charge on any atom is -0.465 e. The van der Waals surface area contributed by atoms with Crippen molar-refractivity contribution in [3.05, 3.63) is 54.4 Å². The van der Waals surface area contributed by atoms with Crippen LogP contribution < -0.4 is 16.0 Å². The van der Waals surface area contributed by atoms with Crippen molar-refractivity contribution < 1.29 is 14.3 Å². The molecule has 0 aliphatic heterocycles. The Morgan fingerprint density at radius 1 is 1.07 bits per heavy atom. The number of carbonyl (C=O) groups excluding carboxylic acids is 2. The number of aromatic nitrogens is 2. The van der Waals surface area contributed by atoms with Crippen molar-refractivity contribution in [1.29, 1.82) is 0 Å². The Kier molecular flexibility index (Phi) is 7.11. The van der Waals surface area contributed by atoms with Gasteiger partial charge in [-0.05, 0) is 36.6 Å². The zero-order valence-electron chi connectivity index (χ0n) is 15.4. The van der Waals surface area contributed by atoms with Crippen molar-refractivity contribution in [1.82, 2.24) is 15.3 Å². The predicted octanol–water partition coefficient (Wildman–Crippen LogP) is 3.72. The highest BCUT2D eigenvalue weighted by molar-refractivity contribution is 5.97. The summed E-state index contributed by atoms with van der Waals surface area (Å²) in [5.41, 5.74) is 1.19. The first kappa shape index (κ1) is 20.9. The molecule has 0 atom stereocenters. The monoisotopic (exact) mass is 401 g/mol. The number of anilines is 3. The Morgan fingerprint density at radius 2 is 1.86 bits per heavy atom. The number of nitrogens with zero attached hydrogens (tertiary/aromatic N) is 2. The summed E-state index contributed by atoms with van der Waals surface area (Å²) in [5, 5.41) is 10.3. The van der Waals surface area contributed by atoms with Crippen molar-refractivity contribution in [2.75, 3.05) is 24.3 Å². The number of fused-ring (bicyclic) bond motifs is 1. The first-order chi connectivity index (χ1) is 13.1. The number of methoxy groups -OCH3 is 1. The quantitative estimate of drug-likeness (QED) is 0.562. The lowest BCUT2D eigenvalue weighted by Crippen LogP contribution is -2.28. The number of ether oxygens (including phenoxy) is 1. The summed E-state index contributed by atoms with van der Waals surface area (Å²) < 4.78 is 4.66. The molecule has 2 amide bonds. The molecular formula is C19H20ClN5O3. The third kappa shape index (κ3) is 4.86. The SMILES string of the molecule is CCNC(=O)Nc1cc2cccc(Nc3ccc(C(=O)OC)cn3)c2cn1.Cl. The predicted molar refractivity (Wildman–Crippen MR) is 111 cm³/mol. The smallest absolute Gasteiger partial charge is 0.339 e. The van der Waals surface area contributed by atoms with Crippen LogP contribution in [0.1, 0.15) is 17.3 Å². The van der Waals surface area contributed by atoms with E-state index in [9.17, 15) is 9.59 Å². The molecule has 3 aromatic rings. The summed E-state index contributed by atoms with van der Waals surface area (Å²) in [7, 11) is 1.33. The number of pyridine rings is 2. The molecule has 0 radical (unpaired) electrons. The number of halogens is 1. The zero-order chi connectivity index (χ0) is 19.2. The van der Waals surface area contributed by atoms with Crippen LogP contribution in [0, 0.1) is 0 Å². The lowest BCUT2D eigenvalue weighted by Gasteiger charge is -2.11. The lowest BCUT2D eigenvalue weighted by atomic mass is 10.1. The summed E-state index contributed by atoms with van der Waals surface area (Å²) in [6.07, 6.45) is 3.13. The maximum Gasteiger partial charge on any atom is 0.339 e. The van der Waals surface area contributed by atoms with E-state index in [2.05, 4.69) is 30.7 Å². The van der Waals surface area contributed by atoms with E-state index in [0.717, 1.165) is 16.5 Å². The van der Waals surface area contributed by atoms with E-state index in [1.807, 2.05) is 25.1 Å². The van der Waals surface area contributed by atoms with Crippen LogP contribution in [0.3, 0.4) is 0 Å². The molecule has 0 aliphatic carbocycles. The molecule has 3 rings (SSSR count). The number of carbonyl (C=O) groups is 2. The molecule has 9 heteroatoms. The molecule has 28 heavy (non-hydrogen) atoms. The Morgan fingerprint density at radius 3 is 2.54 bits per heavy atom. The van der Waals surface area contributed by atoms with Crippen LogP contribution in [0.25, 0.3) is 10.8 Å². The fourth-order valence-corrected chi connectivity index (χ4v) is 2.51. The van der Waals surface area contributed by atoms with Gasteiger partial charge < -0.3 is 15.4 Å². The average Bonchev–Trinajstić information content (AvgIpc) is 2.68. The molecule has 0 aliphatic rings. The fourth-order valence-electron chi connectivity index (χ4n) is 2.51. The second kappa shape index (κ2) is 9.52. The molecule has 0 saturated carbocycles. The van der Waals surface area contributed by atoms with Gasteiger partial charge in [0.05, 0.1) is 12.7 Å². The largest absolute Gasteiger partial charge is 0.465 e. The molecule has 8 nitrogen and oxygen atoms in total. The van der Waals surface area contributed by atoms with Crippen molar-refractivity contribution in [2.45, 2.75) is 6.92 Å². The van der Waals surface area contributed by atoms with Crippen LogP contribution in [-0.2, 0) is 4.74 Å². The zero-order valence-corrected chi connectivity index (χ0v) is 16.2. The van der Waals surface area contributed by atoms with E-state index < -0.39 is 5.97 Å². The molecule has 2 aromatic heterocycles. The van der Waals surface area contributed by atoms with Gasteiger partial charge in [-0.1, -0.05) is 12.1 Å². The van der Waals surface area contributed by atoms with Gasteiger partial charge >= 0.3 is 12.0 Å². The number of rotatable bonds is 5. The topological polar surface area (TPSA) is 105 Å². The van der Waals surface area contributed by atoms with Gasteiger partial charge in [-0.25, -0.2) is 19.6 Å². The van der Waals surface area contributed by atoms with Crippen LogP contribution in [0.2, 0.25) is 0 Å². The minimum absolute atomic E-state index is 0. The number of esters is 1. The maximum atomic E-state index is 11.6. The summed E-state index contributed by atoms with van der Waals surface area (Å²) in [5.74, 6) is 0.612. The molecule has 146 valence electrons. The van der Waals surface area contributed by atoms with Crippen molar-refractivity contribution in [3.63, 3.8) is 0 Å². The van der Waals surface area contributed by atoms with Gasteiger partial charge in [-0.3, -0.25) is 5.32 Å². The Bertz CT molecular complexity index is 979. The molecule has 3 N–H and O–H groups in total. The van der Waals surface area contributed by atoms with Gasteiger partial charge in [-0.2, -0.15) is 0 Å². The van der Waals surface area contributed by atoms with E-state index >= 15 is 0 Å². The Labute approximate surface area is 168 Å². The van der Waals surface area contributed by atoms with Gasteiger partial charge in [-0.15, -0.1) is 12.4 Å². The Hall–Kier alpha value is -3.39. The summed E-state index contributed by atoms with van der Waals surface area (Å²) in [4.78, 5) is 31.6. The molecule has 2 heterocycles. The van der Waals surface area contributed by atoms with E-state index in [1.54, 1.807) is 24.4 Å². The van der Waals surface area contributed by atoms with E-state index in [4.69, 9.17) is 0 Å². The fraction of sp³-hybridized carbons (Fsp3) is 0.158. The maximum absolute atomic E-state index is 11.6. The molecule has 0 saturated heterocycles. The summed E-state index contributed by atoms with van der Waals surface area (Å²) >= 11 is 0. The molecule has 0 unspecified atom stereocenters. The van der Waals surface area contributed by atoms with Crippen molar-refractivity contribution >= 4 is 52.5 Å². The van der Waals surface area contributed by atoms with E-state index in [-0.39, 0.29) is 18.4 Å². The van der Waals surface area contributed by atoms with Crippen molar-refractivity contribution in [2.24, 2.45) is 0 Å². The van der Waals surface area contributed by atoms with Crippen LogP contribution >= 0.6 is 12.4 Å². The van der Waals surface area contributed by atoms with Gasteiger partial charge in [0.15, 0.2) is 0 Å². The highest BCUT2D eigenvalue weighted by Gasteiger charge is 2.08. The minimum atomic E-state index is -0.435. The van der Waals surface area contributed by atoms with Gasteiger partial charge in [0, 0.05) is 30.0 Å². The highest BCUT2D eigenvalue weighted by atomic mass is 35.5. The second-order valence-corrected chi connectivity index (χ2v) is 5.63. The van der Waals surface area contributed by atoms with Crippen LogP contribution in [-0.4, -0.2) is 35.6 Å². The molecule has 1 aromatic carbocycles. The van der Waals surface area contributed by atoms with Gasteiger partial charge in [0.2, 0.25) is 0 Å². The number of amides is 2. The third-order valence-electron chi connectivity index (χ3n) is 3.79. The lowest BCUT2D eigenvalue weighted by molar-refractivity contribution is 0.0600. The highest BCUT2D eigenvalue weighted by Crippen LogP contribution is 2.26. The first-order valence-corrected chi connectivity index (χ1v) is 8.35. The van der Waals surface area contributed by atoms with Crippen LogP contribution in [0.5, 0.6) is 0 Å². The molecule has 0 bridgehead atoms. The van der Waals surface area contributed by atoms with Gasteiger partial charge in [0.1, 0.15) is 11.6 Å². The average molecular weight is 402 g/mol. The number of urea groups is 1. The second-order valence-electron chi connectivity index (χ2n) is 5.63. The van der Waals surface area contributed by atoms with Crippen LogP contribution in [0.4, 0.5) is 22.1 Å². The number of nitrogens with one attached hydrogen (secondary N) is 3. The number of hydrogen-bond donors (Lipinski definition) is 3. The molecule has 0 fully saturated rings. The van der Waals surface area contributed by atoms with E-state index in [1.165, 1.54) is 13.3 Å². The van der Waals surface area contributed by atoms with E-state index in [0.29, 0.717) is 23.7 Å². The molecule has 0 spiro atoms. The van der Waals surface area contributed by atoms with Crippen molar-refractivity contribution in [3.8, 4) is 0 Å². The van der Waals surface area contributed by atoms with Crippen LogP contribution in [0.15, 0.2) is 48.8 Å². The summed E-state index contributed by atoms with van der Waals surface area (Å²) in [6, 6.07) is 10.6. The number of hydrogen-bond acceptors (Lipinski definition) is 6.